The lowest BCUT2D eigenvalue weighted by Crippen LogP contribution is -2.39. The zero-order valence-electron chi connectivity index (χ0n) is 13.4. The first-order valence-corrected chi connectivity index (χ1v) is 8.33. The molecule has 4 rings (SSSR count). The Morgan fingerprint density at radius 3 is 2.79 bits per heavy atom. The van der Waals surface area contributed by atoms with E-state index in [1.165, 1.54) is 0 Å². The number of hydrogen-bond donors (Lipinski definition) is 1. The van der Waals surface area contributed by atoms with Crippen LogP contribution in [0.2, 0.25) is 0 Å². The zero-order chi connectivity index (χ0) is 16.4. The highest BCUT2D eigenvalue weighted by Gasteiger charge is 2.24. The SMILES string of the molecule is O=C(Cn1ncc2ccccc21)NC1CCC(n2cncn2)CC1. The number of amides is 1. The third-order valence-electron chi connectivity index (χ3n) is 4.72. The molecular formula is C17H20N6O. The van der Waals surface area contributed by atoms with Crippen LogP contribution in [0.1, 0.15) is 31.7 Å². The maximum atomic E-state index is 12.3. The highest BCUT2D eigenvalue weighted by atomic mass is 16.2. The molecule has 124 valence electrons. The molecule has 1 aliphatic carbocycles. The molecule has 0 aliphatic heterocycles. The Labute approximate surface area is 139 Å². The van der Waals surface area contributed by atoms with Crippen LogP contribution >= 0.6 is 0 Å². The van der Waals surface area contributed by atoms with Gasteiger partial charge in [0, 0.05) is 11.4 Å². The number of nitrogens with zero attached hydrogens (tertiary/aromatic N) is 5. The van der Waals surface area contributed by atoms with Crippen molar-refractivity contribution in [1.82, 2.24) is 29.9 Å². The Bertz CT molecular complexity index is 817. The molecule has 1 aromatic carbocycles. The molecule has 1 fully saturated rings. The maximum absolute atomic E-state index is 12.3. The molecular weight excluding hydrogens is 304 g/mol. The predicted molar refractivity (Wildman–Crippen MR) is 89.2 cm³/mol. The van der Waals surface area contributed by atoms with E-state index < -0.39 is 0 Å². The first-order chi connectivity index (χ1) is 11.8. The molecule has 1 aliphatic rings. The van der Waals surface area contributed by atoms with Gasteiger partial charge in [-0.3, -0.25) is 9.48 Å². The van der Waals surface area contributed by atoms with Crippen LogP contribution in [-0.2, 0) is 11.3 Å². The number of rotatable bonds is 4. The van der Waals surface area contributed by atoms with Crippen LogP contribution in [-0.4, -0.2) is 36.5 Å². The molecule has 1 amide bonds. The normalized spacial score (nSPS) is 21.0. The van der Waals surface area contributed by atoms with Gasteiger partial charge in [0.1, 0.15) is 19.2 Å². The van der Waals surface area contributed by atoms with Gasteiger partial charge in [-0.25, -0.2) is 9.67 Å². The number of aromatic nitrogens is 5. The van der Waals surface area contributed by atoms with E-state index in [2.05, 4.69) is 20.5 Å². The van der Waals surface area contributed by atoms with E-state index in [4.69, 9.17) is 0 Å². The van der Waals surface area contributed by atoms with Gasteiger partial charge in [0.2, 0.25) is 5.91 Å². The summed E-state index contributed by atoms with van der Waals surface area (Å²) >= 11 is 0. The highest BCUT2D eigenvalue weighted by Crippen LogP contribution is 2.27. The number of nitrogens with one attached hydrogen (secondary N) is 1. The van der Waals surface area contributed by atoms with E-state index in [0.717, 1.165) is 36.6 Å². The summed E-state index contributed by atoms with van der Waals surface area (Å²) in [6.45, 7) is 0.260. The average Bonchev–Trinajstić information content (AvgIpc) is 3.26. The van der Waals surface area contributed by atoms with E-state index in [0.29, 0.717) is 6.04 Å². The van der Waals surface area contributed by atoms with Gasteiger partial charge < -0.3 is 5.32 Å². The highest BCUT2D eigenvalue weighted by molar-refractivity contribution is 5.82. The molecule has 24 heavy (non-hydrogen) atoms. The summed E-state index contributed by atoms with van der Waals surface area (Å²) in [5.74, 6) is 0.0214. The second-order valence-corrected chi connectivity index (χ2v) is 6.31. The summed E-state index contributed by atoms with van der Waals surface area (Å²) in [6.07, 6.45) is 9.10. The quantitative estimate of drug-likeness (QED) is 0.795. The van der Waals surface area contributed by atoms with Gasteiger partial charge in [-0.05, 0) is 31.7 Å². The summed E-state index contributed by atoms with van der Waals surface area (Å²) in [5.41, 5.74) is 0.988. The number of benzene rings is 1. The minimum absolute atomic E-state index is 0.0214. The van der Waals surface area contributed by atoms with E-state index in [-0.39, 0.29) is 18.5 Å². The van der Waals surface area contributed by atoms with Gasteiger partial charge in [-0.2, -0.15) is 10.2 Å². The van der Waals surface area contributed by atoms with Crippen LogP contribution in [0.4, 0.5) is 0 Å². The fourth-order valence-electron chi connectivity index (χ4n) is 3.45. The molecule has 1 saturated carbocycles. The van der Waals surface area contributed by atoms with Crippen molar-refractivity contribution in [2.45, 2.75) is 44.3 Å². The lowest BCUT2D eigenvalue weighted by Gasteiger charge is -2.29. The van der Waals surface area contributed by atoms with E-state index in [9.17, 15) is 4.79 Å². The van der Waals surface area contributed by atoms with E-state index >= 15 is 0 Å². The van der Waals surface area contributed by atoms with Crippen molar-refractivity contribution in [3.05, 3.63) is 43.1 Å². The molecule has 0 atom stereocenters. The smallest absolute Gasteiger partial charge is 0.241 e. The Hall–Kier alpha value is -2.70. The molecule has 0 bridgehead atoms. The first-order valence-electron chi connectivity index (χ1n) is 8.33. The molecule has 2 heterocycles. The molecule has 0 spiro atoms. The topological polar surface area (TPSA) is 77.6 Å². The van der Waals surface area contributed by atoms with Crippen molar-refractivity contribution >= 4 is 16.8 Å². The van der Waals surface area contributed by atoms with Crippen molar-refractivity contribution in [2.24, 2.45) is 0 Å². The van der Waals surface area contributed by atoms with Crippen LogP contribution in [0.5, 0.6) is 0 Å². The van der Waals surface area contributed by atoms with Gasteiger partial charge in [-0.15, -0.1) is 0 Å². The van der Waals surface area contributed by atoms with Crippen LogP contribution < -0.4 is 5.32 Å². The zero-order valence-corrected chi connectivity index (χ0v) is 13.4. The standard InChI is InChI=1S/C17H20N6O/c24-17(10-22-16-4-2-1-3-13(16)9-19-22)21-14-5-7-15(8-6-14)23-12-18-11-20-23/h1-4,9,11-12,14-15H,5-8,10H2,(H,21,24). The van der Waals surface area contributed by atoms with Crippen LogP contribution in [0.15, 0.2) is 43.1 Å². The lowest BCUT2D eigenvalue weighted by molar-refractivity contribution is -0.122. The Kier molecular flexibility index (Phi) is 3.98. The van der Waals surface area contributed by atoms with Crippen LogP contribution in [0.25, 0.3) is 10.9 Å². The third-order valence-corrected chi connectivity index (χ3v) is 4.72. The fraction of sp³-hybridized carbons (Fsp3) is 0.412. The number of hydrogen-bond acceptors (Lipinski definition) is 4. The molecule has 1 N–H and O–H groups in total. The third kappa shape index (κ3) is 3.02. The molecule has 7 heteroatoms. The van der Waals surface area contributed by atoms with Gasteiger partial charge in [0.05, 0.1) is 17.8 Å². The summed E-state index contributed by atoms with van der Waals surface area (Å²) in [5, 5.41) is 12.7. The predicted octanol–water partition coefficient (Wildman–Crippen LogP) is 1.93. The van der Waals surface area contributed by atoms with E-state index in [1.54, 1.807) is 23.5 Å². The summed E-state index contributed by atoms with van der Waals surface area (Å²) in [6, 6.07) is 8.56. The van der Waals surface area contributed by atoms with Crippen LogP contribution in [0, 0.1) is 0 Å². The average molecular weight is 324 g/mol. The van der Waals surface area contributed by atoms with E-state index in [1.807, 2.05) is 28.9 Å². The molecule has 0 radical (unpaired) electrons. The summed E-state index contributed by atoms with van der Waals surface area (Å²) in [4.78, 5) is 16.3. The minimum atomic E-state index is 0.0214. The molecule has 0 saturated heterocycles. The first kappa shape index (κ1) is 14.9. The van der Waals surface area contributed by atoms with Gasteiger partial charge in [0.15, 0.2) is 0 Å². The Morgan fingerprint density at radius 1 is 1.17 bits per heavy atom. The van der Waals surface area contributed by atoms with Gasteiger partial charge in [-0.1, -0.05) is 18.2 Å². The van der Waals surface area contributed by atoms with Crippen molar-refractivity contribution in [3.8, 4) is 0 Å². The number of para-hydroxylation sites is 1. The molecule has 7 nitrogen and oxygen atoms in total. The molecule has 0 unspecified atom stereocenters. The lowest BCUT2D eigenvalue weighted by atomic mass is 9.91. The number of fused-ring (bicyclic) bond motifs is 1. The Morgan fingerprint density at radius 2 is 2.00 bits per heavy atom. The second kappa shape index (κ2) is 6.43. The summed E-state index contributed by atoms with van der Waals surface area (Å²) in [7, 11) is 0. The van der Waals surface area contributed by atoms with Crippen molar-refractivity contribution in [3.63, 3.8) is 0 Å². The molecule has 3 aromatic rings. The maximum Gasteiger partial charge on any atom is 0.241 e. The number of carbonyl (C=O) groups excluding carboxylic acids is 1. The largest absolute Gasteiger partial charge is 0.352 e. The van der Waals surface area contributed by atoms with Gasteiger partial charge in [0.25, 0.3) is 0 Å². The second-order valence-electron chi connectivity index (χ2n) is 6.31. The monoisotopic (exact) mass is 324 g/mol. The molecule has 2 aromatic heterocycles. The number of carbonyl (C=O) groups is 1. The fourth-order valence-corrected chi connectivity index (χ4v) is 3.45. The van der Waals surface area contributed by atoms with Crippen molar-refractivity contribution in [2.75, 3.05) is 0 Å². The van der Waals surface area contributed by atoms with Crippen molar-refractivity contribution in [1.29, 1.82) is 0 Å². The Balaban J connectivity index is 1.32. The minimum Gasteiger partial charge on any atom is -0.352 e. The van der Waals surface area contributed by atoms with Gasteiger partial charge >= 0.3 is 0 Å². The summed E-state index contributed by atoms with van der Waals surface area (Å²) < 4.78 is 3.68. The van der Waals surface area contributed by atoms with Crippen molar-refractivity contribution < 1.29 is 4.79 Å². The van der Waals surface area contributed by atoms with Crippen LogP contribution in [0.3, 0.4) is 0 Å².